The van der Waals surface area contributed by atoms with E-state index in [1.165, 1.54) is 17.2 Å². The lowest BCUT2D eigenvalue weighted by Crippen LogP contribution is -2.32. The van der Waals surface area contributed by atoms with E-state index in [-0.39, 0.29) is 5.82 Å². The first-order valence-electron chi connectivity index (χ1n) is 8.71. The highest BCUT2D eigenvalue weighted by atomic mass is 19.1. The fraction of sp³-hybridized carbons (Fsp3) is 0.182. The molecule has 0 saturated heterocycles. The third-order valence-corrected chi connectivity index (χ3v) is 4.79. The molecule has 3 heteroatoms. The Morgan fingerprint density at radius 3 is 2.84 bits per heavy atom. The van der Waals surface area contributed by atoms with Crippen LogP contribution < -0.4 is 5.32 Å². The number of rotatable bonds is 4. The van der Waals surface area contributed by atoms with Crippen molar-refractivity contribution in [2.45, 2.75) is 18.9 Å². The van der Waals surface area contributed by atoms with Gasteiger partial charge in [-0.15, -0.1) is 0 Å². The first kappa shape index (κ1) is 15.9. The van der Waals surface area contributed by atoms with E-state index in [1.54, 1.807) is 6.20 Å². The monoisotopic (exact) mass is 332 g/mol. The Hall–Kier alpha value is -2.65. The Balaban J connectivity index is 1.44. The molecule has 0 radical (unpaired) electrons. The first-order chi connectivity index (χ1) is 12.3. The Bertz CT molecular complexity index is 922. The summed E-state index contributed by atoms with van der Waals surface area (Å²) in [5.74, 6) is -0.205. The van der Waals surface area contributed by atoms with E-state index in [4.69, 9.17) is 0 Å². The molecule has 126 valence electrons. The minimum atomic E-state index is -0.205. The Labute approximate surface area is 147 Å². The number of fused-ring (bicyclic) bond motifs is 1. The SMILES string of the molecule is Fc1ccc(C=CCC2CC(c3ccccc3)=CCN2)c2cc[nH]c12. The van der Waals surface area contributed by atoms with Crippen molar-refractivity contribution in [1.82, 2.24) is 10.3 Å². The van der Waals surface area contributed by atoms with Crippen LogP contribution in [0.3, 0.4) is 0 Å². The number of aromatic nitrogens is 1. The molecule has 1 unspecified atom stereocenters. The van der Waals surface area contributed by atoms with E-state index >= 15 is 0 Å². The molecule has 2 heterocycles. The lowest BCUT2D eigenvalue weighted by atomic mass is 9.93. The molecule has 3 aromatic rings. The van der Waals surface area contributed by atoms with Crippen molar-refractivity contribution in [3.05, 3.63) is 83.8 Å². The largest absolute Gasteiger partial charge is 0.359 e. The predicted molar refractivity (Wildman–Crippen MR) is 103 cm³/mol. The van der Waals surface area contributed by atoms with Crippen molar-refractivity contribution in [3.63, 3.8) is 0 Å². The summed E-state index contributed by atoms with van der Waals surface area (Å²) in [4.78, 5) is 2.96. The summed E-state index contributed by atoms with van der Waals surface area (Å²) in [5.41, 5.74) is 4.35. The molecule has 4 rings (SSSR count). The van der Waals surface area contributed by atoms with Crippen LogP contribution in [0.1, 0.15) is 24.0 Å². The molecule has 0 fully saturated rings. The van der Waals surface area contributed by atoms with Gasteiger partial charge in [0.15, 0.2) is 0 Å². The van der Waals surface area contributed by atoms with Crippen molar-refractivity contribution in [2.75, 3.05) is 6.54 Å². The third-order valence-electron chi connectivity index (χ3n) is 4.79. The summed E-state index contributed by atoms with van der Waals surface area (Å²) in [6.45, 7) is 0.904. The summed E-state index contributed by atoms with van der Waals surface area (Å²) in [6.07, 6.45) is 10.3. The van der Waals surface area contributed by atoms with E-state index in [9.17, 15) is 4.39 Å². The molecule has 25 heavy (non-hydrogen) atoms. The summed E-state index contributed by atoms with van der Waals surface area (Å²) in [6, 6.07) is 16.3. The topological polar surface area (TPSA) is 27.8 Å². The maximum atomic E-state index is 13.7. The average molecular weight is 332 g/mol. The van der Waals surface area contributed by atoms with Crippen molar-refractivity contribution < 1.29 is 4.39 Å². The van der Waals surface area contributed by atoms with Crippen LogP contribution in [0.2, 0.25) is 0 Å². The normalized spacial score (nSPS) is 18.0. The van der Waals surface area contributed by atoms with E-state index in [1.807, 2.05) is 12.1 Å². The van der Waals surface area contributed by atoms with Crippen LogP contribution in [-0.4, -0.2) is 17.6 Å². The number of hydrogen-bond acceptors (Lipinski definition) is 1. The van der Waals surface area contributed by atoms with Gasteiger partial charge >= 0.3 is 0 Å². The van der Waals surface area contributed by atoms with Gasteiger partial charge in [0.1, 0.15) is 5.82 Å². The molecule has 1 aliphatic heterocycles. The maximum absolute atomic E-state index is 13.7. The molecule has 0 bridgehead atoms. The molecule has 0 spiro atoms. The molecule has 2 nitrogen and oxygen atoms in total. The Morgan fingerprint density at radius 2 is 1.96 bits per heavy atom. The van der Waals surface area contributed by atoms with Crippen LogP contribution in [-0.2, 0) is 0 Å². The summed E-state index contributed by atoms with van der Waals surface area (Å²) in [7, 11) is 0. The van der Waals surface area contributed by atoms with Crippen molar-refractivity contribution in [1.29, 1.82) is 0 Å². The van der Waals surface area contributed by atoms with Gasteiger partial charge < -0.3 is 10.3 Å². The predicted octanol–water partition coefficient (Wildman–Crippen LogP) is 5.16. The van der Waals surface area contributed by atoms with Crippen molar-refractivity contribution >= 4 is 22.6 Å². The standard InChI is InChI=1S/C22H21FN2/c23-21-10-9-17(20-12-14-25-22(20)21)7-4-8-19-15-18(11-13-24-19)16-5-2-1-3-6-16/h1-7,9-12,14,19,24-25H,8,13,15H2. The van der Waals surface area contributed by atoms with E-state index in [0.29, 0.717) is 11.6 Å². The third kappa shape index (κ3) is 3.42. The van der Waals surface area contributed by atoms with Crippen LogP contribution in [0.4, 0.5) is 4.39 Å². The molecule has 1 atom stereocenters. The van der Waals surface area contributed by atoms with Gasteiger partial charge in [0, 0.05) is 24.2 Å². The van der Waals surface area contributed by atoms with Gasteiger partial charge in [0.25, 0.3) is 0 Å². The van der Waals surface area contributed by atoms with Crippen molar-refractivity contribution in [2.24, 2.45) is 0 Å². The van der Waals surface area contributed by atoms with Crippen LogP contribution in [0.5, 0.6) is 0 Å². The zero-order valence-corrected chi connectivity index (χ0v) is 14.0. The van der Waals surface area contributed by atoms with Gasteiger partial charge in [-0.1, -0.05) is 54.6 Å². The highest BCUT2D eigenvalue weighted by molar-refractivity contribution is 5.88. The quantitative estimate of drug-likeness (QED) is 0.679. The number of H-pyrrole nitrogens is 1. The van der Waals surface area contributed by atoms with E-state index < -0.39 is 0 Å². The highest BCUT2D eigenvalue weighted by Crippen LogP contribution is 2.25. The molecular weight excluding hydrogens is 311 g/mol. The highest BCUT2D eigenvalue weighted by Gasteiger charge is 2.14. The van der Waals surface area contributed by atoms with Crippen LogP contribution in [0, 0.1) is 5.82 Å². The molecule has 0 saturated carbocycles. The number of nitrogens with one attached hydrogen (secondary N) is 2. The molecule has 0 aliphatic carbocycles. The second-order valence-corrected chi connectivity index (χ2v) is 6.45. The number of benzene rings is 2. The fourth-order valence-corrected chi connectivity index (χ4v) is 3.47. The van der Waals surface area contributed by atoms with Gasteiger partial charge in [-0.05, 0) is 41.7 Å². The zero-order valence-electron chi connectivity index (χ0n) is 14.0. The van der Waals surface area contributed by atoms with Gasteiger partial charge in [0.2, 0.25) is 0 Å². The van der Waals surface area contributed by atoms with E-state index in [0.717, 1.165) is 30.3 Å². The van der Waals surface area contributed by atoms with Crippen LogP contribution >= 0.6 is 0 Å². The lowest BCUT2D eigenvalue weighted by Gasteiger charge is -2.23. The minimum absolute atomic E-state index is 0.205. The molecule has 1 aromatic heterocycles. The van der Waals surface area contributed by atoms with Crippen molar-refractivity contribution in [3.8, 4) is 0 Å². The lowest BCUT2D eigenvalue weighted by molar-refractivity contribution is 0.542. The smallest absolute Gasteiger partial charge is 0.147 e. The number of hydrogen-bond donors (Lipinski definition) is 2. The second-order valence-electron chi connectivity index (χ2n) is 6.45. The summed E-state index contributed by atoms with van der Waals surface area (Å²) >= 11 is 0. The molecule has 0 amide bonds. The molecule has 1 aliphatic rings. The van der Waals surface area contributed by atoms with Gasteiger partial charge in [-0.25, -0.2) is 4.39 Å². The fourth-order valence-electron chi connectivity index (χ4n) is 3.47. The Kier molecular flexibility index (Phi) is 4.49. The number of aromatic amines is 1. The van der Waals surface area contributed by atoms with Gasteiger partial charge in [-0.2, -0.15) is 0 Å². The summed E-state index contributed by atoms with van der Waals surface area (Å²) < 4.78 is 13.7. The zero-order chi connectivity index (χ0) is 17.1. The van der Waals surface area contributed by atoms with Crippen LogP contribution in [0.15, 0.2) is 66.9 Å². The molecule has 2 N–H and O–H groups in total. The molecular formula is C22H21FN2. The summed E-state index contributed by atoms with van der Waals surface area (Å²) in [5, 5.41) is 4.48. The minimum Gasteiger partial charge on any atom is -0.359 e. The Morgan fingerprint density at radius 1 is 1.08 bits per heavy atom. The maximum Gasteiger partial charge on any atom is 0.147 e. The van der Waals surface area contributed by atoms with Gasteiger partial charge in [-0.3, -0.25) is 0 Å². The number of halogens is 1. The average Bonchev–Trinajstić information content (AvgIpc) is 3.16. The van der Waals surface area contributed by atoms with E-state index in [2.05, 4.69) is 58.9 Å². The van der Waals surface area contributed by atoms with Crippen LogP contribution in [0.25, 0.3) is 22.6 Å². The molecule has 2 aromatic carbocycles. The first-order valence-corrected chi connectivity index (χ1v) is 8.71. The second kappa shape index (κ2) is 7.08. The van der Waals surface area contributed by atoms with Gasteiger partial charge in [0.05, 0.1) is 5.52 Å².